The zero-order chi connectivity index (χ0) is 22.9. The second-order valence-corrected chi connectivity index (χ2v) is 7.82. The normalized spacial score (nSPS) is 11.2. The number of aromatic amines is 1. The van der Waals surface area contributed by atoms with Gasteiger partial charge in [-0.25, -0.2) is 9.97 Å². The number of carbonyl (C=O) groups excluding carboxylic acids is 1. The van der Waals surface area contributed by atoms with E-state index in [1.165, 1.54) is 0 Å². The Bertz CT molecular complexity index is 1640. The molecular weight excluding hydrogens is 426 g/mol. The van der Waals surface area contributed by atoms with Gasteiger partial charge in [-0.1, -0.05) is 12.1 Å². The minimum Gasteiger partial charge on any atom is -0.353 e. The number of anilines is 1. The van der Waals surface area contributed by atoms with E-state index in [2.05, 4.69) is 30.2 Å². The molecule has 164 valence electrons. The molecule has 0 saturated carbocycles. The number of nitrogens with one attached hydrogen (secondary N) is 2. The molecule has 0 fully saturated rings. The minimum absolute atomic E-state index is 0.168. The molecule has 0 aliphatic rings. The van der Waals surface area contributed by atoms with Gasteiger partial charge in [0.1, 0.15) is 11.5 Å². The summed E-state index contributed by atoms with van der Waals surface area (Å²) in [5.41, 5.74) is 6.83. The number of hydrogen-bond acceptors (Lipinski definition) is 5. The first-order chi connectivity index (χ1) is 16.8. The molecule has 0 aliphatic heterocycles. The number of pyridine rings is 4. The van der Waals surface area contributed by atoms with Gasteiger partial charge >= 0.3 is 0 Å². The van der Waals surface area contributed by atoms with E-state index in [0.717, 1.165) is 44.9 Å². The fourth-order valence-corrected chi connectivity index (χ4v) is 4.12. The van der Waals surface area contributed by atoms with Gasteiger partial charge < -0.3 is 14.7 Å². The van der Waals surface area contributed by atoms with E-state index in [1.807, 2.05) is 71.3 Å². The third-order valence-corrected chi connectivity index (χ3v) is 5.63. The molecule has 34 heavy (non-hydrogen) atoms. The minimum atomic E-state index is -0.168. The van der Waals surface area contributed by atoms with Crippen LogP contribution in [0.1, 0.15) is 5.69 Å². The standard InChI is InChI=1S/C26H19N7O/c34-23(15-18-16-30-22-8-2-4-13-33(18)22)32-21-14-17(9-12-28-21)25-24(19-6-1-3-10-27-19)26-20(31-25)7-5-11-29-26/h1-14,16,31H,15H2,(H,28,32,34). The van der Waals surface area contributed by atoms with Gasteiger partial charge in [0.05, 0.1) is 40.1 Å². The van der Waals surface area contributed by atoms with Crippen molar-refractivity contribution >= 4 is 28.4 Å². The maximum absolute atomic E-state index is 12.8. The molecular formula is C26H19N7O. The van der Waals surface area contributed by atoms with Gasteiger partial charge in [0, 0.05) is 36.5 Å². The summed E-state index contributed by atoms with van der Waals surface area (Å²) in [5, 5.41) is 2.91. The fourth-order valence-electron chi connectivity index (χ4n) is 4.12. The first-order valence-electron chi connectivity index (χ1n) is 10.8. The Morgan fingerprint density at radius 1 is 0.912 bits per heavy atom. The summed E-state index contributed by atoms with van der Waals surface area (Å²) in [6.07, 6.45) is 9.01. The van der Waals surface area contributed by atoms with Crippen LogP contribution in [0.25, 0.3) is 39.2 Å². The van der Waals surface area contributed by atoms with E-state index in [0.29, 0.717) is 5.82 Å². The van der Waals surface area contributed by atoms with Crippen molar-refractivity contribution in [2.24, 2.45) is 0 Å². The summed E-state index contributed by atoms with van der Waals surface area (Å²) >= 11 is 0. The molecule has 0 saturated heterocycles. The summed E-state index contributed by atoms with van der Waals surface area (Å²) in [6, 6.07) is 19.2. The Labute approximate surface area is 194 Å². The fraction of sp³-hybridized carbons (Fsp3) is 0.0385. The van der Waals surface area contributed by atoms with Crippen LogP contribution in [0.4, 0.5) is 5.82 Å². The Morgan fingerprint density at radius 2 is 1.82 bits per heavy atom. The topological polar surface area (TPSA) is 101 Å². The van der Waals surface area contributed by atoms with Crippen molar-refractivity contribution in [2.75, 3.05) is 5.32 Å². The smallest absolute Gasteiger partial charge is 0.231 e. The lowest BCUT2D eigenvalue weighted by Gasteiger charge is -2.08. The molecule has 0 bridgehead atoms. The lowest BCUT2D eigenvalue weighted by atomic mass is 10.0. The number of hydrogen-bond donors (Lipinski definition) is 2. The van der Waals surface area contributed by atoms with Gasteiger partial charge in [-0.3, -0.25) is 14.8 Å². The number of carbonyl (C=O) groups is 1. The van der Waals surface area contributed by atoms with Gasteiger partial charge in [0.25, 0.3) is 0 Å². The Hall–Kier alpha value is -4.85. The van der Waals surface area contributed by atoms with Crippen LogP contribution in [0.5, 0.6) is 0 Å². The average molecular weight is 445 g/mol. The predicted octanol–water partition coefficient (Wildman–Crippen LogP) is 4.52. The molecule has 2 N–H and O–H groups in total. The number of fused-ring (bicyclic) bond motifs is 2. The highest BCUT2D eigenvalue weighted by Gasteiger charge is 2.18. The Kier molecular flexibility index (Phi) is 4.81. The van der Waals surface area contributed by atoms with E-state index in [9.17, 15) is 4.79 Å². The predicted molar refractivity (Wildman–Crippen MR) is 130 cm³/mol. The summed E-state index contributed by atoms with van der Waals surface area (Å²) in [6.45, 7) is 0. The molecule has 6 heterocycles. The van der Waals surface area contributed by atoms with Gasteiger partial charge in [-0.2, -0.15) is 0 Å². The molecule has 8 heteroatoms. The van der Waals surface area contributed by atoms with Crippen molar-refractivity contribution in [1.29, 1.82) is 0 Å². The van der Waals surface area contributed by atoms with Crippen molar-refractivity contribution < 1.29 is 4.79 Å². The van der Waals surface area contributed by atoms with Crippen LogP contribution in [0.15, 0.2) is 91.6 Å². The van der Waals surface area contributed by atoms with Crippen LogP contribution in [0.2, 0.25) is 0 Å². The zero-order valence-corrected chi connectivity index (χ0v) is 18.0. The molecule has 6 rings (SSSR count). The molecule has 6 aromatic heterocycles. The molecule has 0 spiro atoms. The molecule has 0 aliphatic carbocycles. The van der Waals surface area contributed by atoms with E-state index >= 15 is 0 Å². The van der Waals surface area contributed by atoms with Gasteiger partial charge in [0.15, 0.2) is 0 Å². The van der Waals surface area contributed by atoms with Crippen LogP contribution in [0.3, 0.4) is 0 Å². The molecule has 0 aromatic carbocycles. The van der Waals surface area contributed by atoms with Crippen LogP contribution in [0, 0.1) is 0 Å². The highest BCUT2D eigenvalue weighted by atomic mass is 16.1. The van der Waals surface area contributed by atoms with Crippen molar-refractivity contribution in [3.63, 3.8) is 0 Å². The number of amides is 1. The van der Waals surface area contributed by atoms with E-state index in [4.69, 9.17) is 0 Å². The quantitative estimate of drug-likeness (QED) is 0.406. The first kappa shape index (κ1) is 19.8. The number of nitrogens with zero attached hydrogens (tertiary/aromatic N) is 5. The van der Waals surface area contributed by atoms with Crippen molar-refractivity contribution in [1.82, 2.24) is 29.3 Å². The van der Waals surface area contributed by atoms with Gasteiger partial charge in [-0.15, -0.1) is 0 Å². The van der Waals surface area contributed by atoms with E-state index in [-0.39, 0.29) is 12.3 Å². The lowest BCUT2D eigenvalue weighted by Crippen LogP contribution is -2.16. The highest BCUT2D eigenvalue weighted by molar-refractivity contribution is 6.01. The monoisotopic (exact) mass is 445 g/mol. The van der Waals surface area contributed by atoms with Gasteiger partial charge in [0.2, 0.25) is 5.91 Å². The summed E-state index contributed by atoms with van der Waals surface area (Å²) in [5.74, 6) is 0.300. The summed E-state index contributed by atoms with van der Waals surface area (Å²) in [7, 11) is 0. The van der Waals surface area contributed by atoms with E-state index in [1.54, 1.807) is 24.8 Å². The van der Waals surface area contributed by atoms with Crippen LogP contribution < -0.4 is 5.32 Å². The summed E-state index contributed by atoms with van der Waals surface area (Å²) < 4.78 is 1.90. The number of aromatic nitrogens is 6. The maximum atomic E-state index is 12.8. The van der Waals surface area contributed by atoms with Crippen molar-refractivity contribution in [3.05, 3.63) is 97.3 Å². The molecule has 1 amide bonds. The highest BCUT2D eigenvalue weighted by Crippen LogP contribution is 2.36. The summed E-state index contributed by atoms with van der Waals surface area (Å²) in [4.78, 5) is 34.1. The van der Waals surface area contributed by atoms with Crippen molar-refractivity contribution in [2.45, 2.75) is 6.42 Å². The number of rotatable bonds is 5. The van der Waals surface area contributed by atoms with Crippen molar-refractivity contribution in [3.8, 4) is 22.5 Å². The van der Waals surface area contributed by atoms with Crippen LogP contribution in [-0.4, -0.2) is 35.2 Å². The third-order valence-electron chi connectivity index (χ3n) is 5.63. The molecule has 0 atom stereocenters. The molecule has 0 unspecified atom stereocenters. The van der Waals surface area contributed by atoms with E-state index < -0.39 is 0 Å². The lowest BCUT2D eigenvalue weighted by molar-refractivity contribution is -0.115. The Morgan fingerprint density at radius 3 is 2.74 bits per heavy atom. The zero-order valence-electron chi connectivity index (χ0n) is 18.0. The third kappa shape index (κ3) is 3.57. The second-order valence-electron chi connectivity index (χ2n) is 7.82. The number of imidazole rings is 1. The average Bonchev–Trinajstić information content (AvgIpc) is 3.46. The largest absolute Gasteiger partial charge is 0.353 e. The Balaban J connectivity index is 1.33. The maximum Gasteiger partial charge on any atom is 0.231 e. The first-order valence-corrected chi connectivity index (χ1v) is 10.8. The second kappa shape index (κ2) is 8.25. The van der Waals surface area contributed by atoms with Crippen LogP contribution >= 0.6 is 0 Å². The molecule has 6 aromatic rings. The SMILES string of the molecule is O=C(Cc1cnc2ccccn12)Nc1cc(-c2[nH]c3cccnc3c2-c2ccccn2)ccn1. The number of H-pyrrole nitrogens is 1. The molecule has 0 radical (unpaired) electrons. The van der Waals surface area contributed by atoms with Crippen LogP contribution in [-0.2, 0) is 11.2 Å². The molecule has 8 nitrogen and oxygen atoms in total. The van der Waals surface area contributed by atoms with Gasteiger partial charge in [-0.05, 0) is 48.5 Å².